The van der Waals surface area contributed by atoms with Gasteiger partial charge in [0.25, 0.3) is 30.4 Å². The van der Waals surface area contributed by atoms with Crippen LogP contribution in [0.3, 0.4) is 0 Å². The molecular weight excluding hydrogens is 771 g/mol. The van der Waals surface area contributed by atoms with Crippen LogP contribution in [0.15, 0.2) is 64.3 Å². The van der Waals surface area contributed by atoms with Crippen LogP contribution in [0.4, 0.5) is 5.69 Å². The maximum Gasteiger partial charge on any atom is 0.264 e. The highest BCUT2D eigenvalue weighted by molar-refractivity contribution is 7.94. The van der Waals surface area contributed by atoms with Crippen LogP contribution in [-0.2, 0) is 45.1 Å². The number of fused-ring (bicyclic) bond motifs is 1. The first-order chi connectivity index (χ1) is 24.7. The van der Waals surface area contributed by atoms with Gasteiger partial charge in [0, 0.05) is 52.4 Å². The molecule has 0 bridgehead atoms. The van der Waals surface area contributed by atoms with Gasteiger partial charge in [-0.25, -0.2) is 5.26 Å². The van der Waals surface area contributed by atoms with E-state index in [9.17, 15) is 38.9 Å². The van der Waals surface area contributed by atoms with Gasteiger partial charge in [0.15, 0.2) is 5.71 Å². The van der Waals surface area contributed by atoms with Gasteiger partial charge in [-0.3, -0.25) is 18.7 Å². The molecule has 0 aliphatic carbocycles. The van der Waals surface area contributed by atoms with Gasteiger partial charge in [0.2, 0.25) is 5.69 Å². The maximum atomic E-state index is 11.7. The molecule has 0 amide bonds. The van der Waals surface area contributed by atoms with E-state index in [1.165, 1.54) is 0 Å². The van der Waals surface area contributed by atoms with Gasteiger partial charge in [0.1, 0.15) is 6.54 Å². The summed E-state index contributed by atoms with van der Waals surface area (Å²) in [4.78, 5) is 0.649. The second kappa shape index (κ2) is 19.4. The summed E-state index contributed by atoms with van der Waals surface area (Å²) in [6.07, 6.45) is 14.5. The first-order valence-electron chi connectivity index (χ1n) is 17.4. The highest BCUT2D eigenvalue weighted by Crippen LogP contribution is 2.45. The van der Waals surface area contributed by atoms with Crippen LogP contribution in [0.2, 0.25) is 0 Å². The van der Waals surface area contributed by atoms with E-state index in [4.69, 9.17) is 5.26 Å². The van der Waals surface area contributed by atoms with E-state index < -0.39 is 58.4 Å². The van der Waals surface area contributed by atoms with Gasteiger partial charge in [-0.1, -0.05) is 43.0 Å². The normalized spacial score (nSPS) is 21.8. The van der Waals surface area contributed by atoms with Crippen molar-refractivity contribution in [2.45, 2.75) is 95.8 Å². The third-order valence-corrected chi connectivity index (χ3v) is 12.7. The highest BCUT2D eigenvalue weighted by atomic mass is 32.2. The summed E-state index contributed by atoms with van der Waals surface area (Å²) < 4.78 is 104. The van der Waals surface area contributed by atoms with Crippen LogP contribution >= 0.6 is 12.0 Å². The minimum Gasteiger partial charge on any atom is -0.286 e. The zero-order chi connectivity index (χ0) is 39.5. The summed E-state index contributed by atoms with van der Waals surface area (Å²) in [5.41, 5.74) is 2.74. The fourth-order valence-electron chi connectivity index (χ4n) is 6.87. The van der Waals surface area contributed by atoms with Gasteiger partial charge in [-0.05, 0) is 77.5 Å². The van der Waals surface area contributed by atoms with Crippen molar-refractivity contribution in [1.82, 2.24) is 5.01 Å². The molecule has 2 unspecified atom stereocenters. The van der Waals surface area contributed by atoms with Crippen LogP contribution in [0, 0.1) is 5.41 Å². The average molecular weight is 823 g/mol. The number of hydrogen-bond acceptors (Lipinski definition) is 12. The molecule has 0 saturated carbocycles. The summed E-state index contributed by atoms with van der Waals surface area (Å²) in [6.45, 7) is 8.74. The predicted octanol–water partition coefficient (Wildman–Crippen LogP) is 6.36. The van der Waals surface area contributed by atoms with Crippen LogP contribution < -0.4 is 0 Å². The van der Waals surface area contributed by atoms with Crippen LogP contribution in [0.1, 0.15) is 91.0 Å². The highest BCUT2D eigenvalue weighted by Gasteiger charge is 2.47. The molecule has 3 rings (SSSR count). The Morgan fingerprint density at radius 3 is 2.08 bits per heavy atom. The number of benzene rings is 1. The maximum absolute atomic E-state index is 11.7. The Bertz CT molecular complexity index is 1930. The Morgan fingerprint density at radius 2 is 1.47 bits per heavy atom. The molecule has 0 saturated heterocycles. The zero-order valence-corrected chi connectivity index (χ0v) is 33.8. The second-order valence-corrected chi connectivity index (χ2v) is 19.2. The molecule has 2 atom stereocenters. The molecule has 0 aromatic heterocycles. The lowest BCUT2D eigenvalue weighted by atomic mass is 9.76. The van der Waals surface area contributed by atoms with E-state index in [0.717, 1.165) is 54.7 Å². The van der Waals surface area contributed by atoms with Crippen LogP contribution in [-0.4, -0.2) is 95.5 Å². The lowest BCUT2D eigenvalue weighted by Crippen LogP contribution is -2.32. The fraction of sp³-hybridized carbons (Fsp3) is 0.588. The Hall–Kier alpha value is -2.46. The Labute approximate surface area is 317 Å². The molecule has 19 heteroatoms. The first kappa shape index (κ1) is 44.9. The van der Waals surface area contributed by atoms with E-state index in [-0.39, 0.29) is 25.8 Å². The molecule has 298 valence electrons. The minimum absolute atomic E-state index is 0.0974. The van der Waals surface area contributed by atoms with Gasteiger partial charge in [0.05, 0.1) is 34.7 Å². The third kappa shape index (κ3) is 13.4. The summed E-state index contributed by atoms with van der Waals surface area (Å²) in [5.74, 6) is -1.28. The number of nitrogens with zero attached hydrogens (tertiary/aromatic N) is 3. The molecule has 2 aliphatic heterocycles. The number of allylic oxidation sites excluding steroid dienone is 6. The quantitative estimate of drug-likeness (QED) is 0.0180. The third-order valence-electron chi connectivity index (χ3n) is 9.68. The lowest BCUT2D eigenvalue weighted by molar-refractivity contribution is -0.438. The molecule has 4 N–H and O–H groups in total. The van der Waals surface area contributed by atoms with Crippen LogP contribution in [0.25, 0.3) is 0 Å². The molecule has 53 heavy (non-hydrogen) atoms. The zero-order valence-electron chi connectivity index (χ0n) is 30.5. The van der Waals surface area contributed by atoms with Crippen LogP contribution in [0.5, 0.6) is 0 Å². The Morgan fingerprint density at radius 1 is 0.849 bits per heavy atom. The van der Waals surface area contributed by atoms with Crippen molar-refractivity contribution in [2.75, 3.05) is 30.3 Å². The summed E-state index contributed by atoms with van der Waals surface area (Å²) in [6, 6.07) is 5.69. The molecule has 1 aromatic rings. The van der Waals surface area contributed by atoms with Crippen molar-refractivity contribution >= 4 is 59.5 Å². The number of hydrogen-bond donors (Lipinski definition) is 4. The first-order valence-corrected chi connectivity index (χ1v) is 23.0. The van der Waals surface area contributed by atoms with Crippen molar-refractivity contribution in [3.05, 3.63) is 59.8 Å². The Kier molecular flexibility index (Phi) is 16.5. The SMILES string of the molecule is CCCCCC[N+]1=C(/C=C/C=C/C=C2\N(CCCS(=O)(=O)O)N=C(C)C2(C)CCCS(=O)(=O)O)C(C)(CCCS(=O)(=O)O)c2cc(SOOO)ccc21. The largest absolute Gasteiger partial charge is 0.286 e. The molecule has 0 fully saturated rings. The molecule has 2 heterocycles. The molecular formula is C34H52N3O12S4+. The molecule has 0 radical (unpaired) electrons. The van der Waals surface area contributed by atoms with Crippen molar-refractivity contribution in [2.24, 2.45) is 10.5 Å². The molecule has 2 aliphatic rings. The average Bonchev–Trinajstić information content (AvgIpc) is 3.41. The molecule has 1 aromatic carbocycles. The number of hydrazone groups is 1. The van der Waals surface area contributed by atoms with E-state index in [1.54, 1.807) is 18.0 Å². The van der Waals surface area contributed by atoms with E-state index in [1.807, 2.05) is 56.4 Å². The van der Waals surface area contributed by atoms with Gasteiger partial charge in [-0.15, -0.1) is 4.33 Å². The number of rotatable bonds is 23. The predicted molar refractivity (Wildman–Crippen MR) is 205 cm³/mol. The smallest absolute Gasteiger partial charge is 0.264 e. The van der Waals surface area contributed by atoms with Gasteiger partial charge in [-0.2, -0.15) is 34.9 Å². The van der Waals surface area contributed by atoms with Gasteiger partial charge >= 0.3 is 0 Å². The molecule has 15 nitrogen and oxygen atoms in total. The standard InChI is InChI=1S/C34H51N3O12S4/c1-5-6-7-11-21-36-30-18-17-28(50-49-48-38)26-29(30)34(4,20-13-24-52(42,43)44)31(36)15-9-8-10-16-32-33(3,19-12-23-51(39,40)41)27(2)35-37(32)22-14-25-53(45,46)47/h8-10,15-18,26H,5-7,11-14,19-25H2,1-4H3,(H3-,38,39,40,41,42,43,44,45,46,47)/p+1. The Balaban J connectivity index is 2.03. The summed E-state index contributed by atoms with van der Waals surface area (Å²) in [5, 5.41) is 18.8. The van der Waals surface area contributed by atoms with E-state index in [2.05, 4.69) is 26.0 Å². The fourth-order valence-corrected chi connectivity index (χ4v) is 8.78. The van der Waals surface area contributed by atoms with Crippen molar-refractivity contribution in [1.29, 1.82) is 0 Å². The topological polar surface area (TPSA) is 220 Å². The molecule has 0 spiro atoms. The van der Waals surface area contributed by atoms with Gasteiger partial charge < -0.3 is 0 Å². The second-order valence-electron chi connectivity index (χ2n) is 13.7. The van der Waals surface area contributed by atoms with E-state index >= 15 is 0 Å². The monoisotopic (exact) mass is 822 g/mol. The van der Waals surface area contributed by atoms with Crippen molar-refractivity contribution < 1.29 is 58.1 Å². The minimum atomic E-state index is -4.19. The lowest BCUT2D eigenvalue weighted by Gasteiger charge is -2.29. The number of unbranched alkanes of at least 4 members (excludes halogenated alkanes) is 3. The van der Waals surface area contributed by atoms with Crippen molar-refractivity contribution in [3.8, 4) is 0 Å². The van der Waals surface area contributed by atoms with E-state index in [0.29, 0.717) is 35.7 Å². The summed E-state index contributed by atoms with van der Waals surface area (Å²) in [7, 11) is -12.6. The summed E-state index contributed by atoms with van der Waals surface area (Å²) >= 11 is 0.821. The van der Waals surface area contributed by atoms with Crippen molar-refractivity contribution in [3.63, 3.8) is 0 Å².